The normalized spacial score (nSPS) is 10.4. The quantitative estimate of drug-likeness (QED) is 0.765. The molecule has 20 heavy (non-hydrogen) atoms. The Kier molecular flexibility index (Phi) is 4.63. The summed E-state index contributed by atoms with van der Waals surface area (Å²) in [6, 6.07) is 9.03. The second-order valence-corrected chi connectivity index (χ2v) is 5.09. The monoisotopic (exact) mass is 312 g/mol. The molecule has 0 amide bonds. The fourth-order valence-corrected chi connectivity index (χ4v) is 2.12. The van der Waals surface area contributed by atoms with Crippen molar-refractivity contribution in [3.05, 3.63) is 63.4 Å². The lowest BCUT2D eigenvalue weighted by molar-refractivity contribution is 0.0921. The van der Waals surface area contributed by atoms with Crippen LogP contribution in [-0.2, 0) is 0 Å². The van der Waals surface area contributed by atoms with Gasteiger partial charge in [0.05, 0.1) is 5.02 Å². The summed E-state index contributed by atoms with van der Waals surface area (Å²) in [5, 5.41) is 0.717. The van der Waals surface area contributed by atoms with Gasteiger partial charge in [-0.05, 0) is 36.8 Å². The first-order chi connectivity index (χ1) is 9.47. The molecule has 0 aliphatic heterocycles. The summed E-state index contributed by atoms with van der Waals surface area (Å²) in [4.78, 5) is 12.0. The summed E-state index contributed by atoms with van der Waals surface area (Å²) in [6.07, 6.45) is 0. The van der Waals surface area contributed by atoms with Gasteiger partial charge in [0, 0.05) is 16.7 Å². The second kappa shape index (κ2) is 6.25. The van der Waals surface area contributed by atoms with Crippen molar-refractivity contribution < 1.29 is 13.9 Å². The SMILES string of the molecule is Cc1ccc(OCC(=O)c2ccc(Cl)cc2Cl)cc1F. The Bertz CT molecular complexity index is 656. The minimum Gasteiger partial charge on any atom is -0.485 e. The molecule has 2 nitrogen and oxygen atoms in total. The number of hydrogen-bond acceptors (Lipinski definition) is 2. The molecule has 0 aliphatic rings. The van der Waals surface area contributed by atoms with Crippen LogP contribution in [0.25, 0.3) is 0 Å². The van der Waals surface area contributed by atoms with Crippen LogP contribution in [0.4, 0.5) is 4.39 Å². The summed E-state index contributed by atoms with van der Waals surface area (Å²) in [7, 11) is 0. The van der Waals surface area contributed by atoms with Gasteiger partial charge in [-0.1, -0.05) is 29.3 Å². The highest BCUT2D eigenvalue weighted by Gasteiger charge is 2.12. The van der Waals surface area contributed by atoms with Crippen molar-refractivity contribution in [1.29, 1.82) is 0 Å². The Labute approximate surface area is 126 Å². The number of ketones is 1. The number of halogens is 3. The van der Waals surface area contributed by atoms with E-state index in [1.165, 1.54) is 18.2 Å². The maximum Gasteiger partial charge on any atom is 0.201 e. The van der Waals surface area contributed by atoms with Crippen molar-refractivity contribution in [2.45, 2.75) is 6.92 Å². The molecular weight excluding hydrogens is 302 g/mol. The summed E-state index contributed by atoms with van der Waals surface area (Å²) in [5.74, 6) is -0.376. The summed E-state index contributed by atoms with van der Waals surface area (Å²) in [5.41, 5.74) is 0.841. The molecule has 0 unspecified atom stereocenters. The van der Waals surface area contributed by atoms with Gasteiger partial charge < -0.3 is 4.74 Å². The topological polar surface area (TPSA) is 26.3 Å². The maximum atomic E-state index is 13.3. The molecule has 0 saturated carbocycles. The third-order valence-electron chi connectivity index (χ3n) is 2.74. The first-order valence-corrected chi connectivity index (χ1v) is 6.60. The van der Waals surface area contributed by atoms with E-state index in [2.05, 4.69) is 0 Å². The Hall–Kier alpha value is -1.58. The number of rotatable bonds is 4. The maximum absolute atomic E-state index is 13.3. The van der Waals surface area contributed by atoms with Gasteiger partial charge in [0.2, 0.25) is 5.78 Å². The molecule has 0 fully saturated rings. The Morgan fingerprint density at radius 2 is 1.95 bits per heavy atom. The predicted molar refractivity (Wildman–Crippen MR) is 77.4 cm³/mol. The molecule has 2 aromatic rings. The van der Waals surface area contributed by atoms with E-state index in [9.17, 15) is 9.18 Å². The van der Waals surface area contributed by atoms with E-state index < -0.39 is 0 Å². The molecule has 104 valence electrons. The highest BCUT2D eigenvalue weighted by molar-refractivity contribution is 6.36. The standard InChI is InChI=1S/C15H11Cl2FO2/c1-9-2-4-11(7-14(9)18)20-8-15(19)12-5-3-10(16)6-13(12)17/h2-7H,8H2,1H3. The van der Waals surface area contributed by atoms with Gasteiger partial charge in [0.25, 0.3) is 0 Å². The van der Waals surface area contributed by atoms with E-state index in [1.807, 2.05) is 0 Å². The van der Waals surface area contributed by atoms with Crippen LogP contribution >= 0.6 is 23.2 Å². The zero-order valence-electron chi connectivity index (χ0n) is 10.6. The lowest BCUT2D eigenvalue weighted by Gasteiger charge is -2.07. The van der Waals surface area contributed by atoms with E-state index in [0.717, 1.165) is 0 Å². The van der Waals surface area contributed by atoms with Crippen LogP contribution in [0, 0.1) is 12.7 Å². The largest absolute Gasteiger partial charge is 0.485 e. The average molecular weight is 313 g/mol. The van der Waals surface area contributed by atoms with Crippen LogP contribution in [-0.4, -0.2) is 12.4 Å². The molecule has 0 saturated heterocycles. The zero-order valence-corrected chi connectivity index (χ0v) is 12.1. The molecule has 0 aromatic heterocycles. The Morgan fingerprint density at radius 3 is 2.60 bits per heavy atom. The van der Waals surface area contributed by atoms with Crippen molar-refractivity contribution in [3.8, 4) is 5.75 Å². The van der Waals surface area contributed by atoms with Crippen LogP contribution in [0.2, 0.25) is 10.0 Å². The van der Waals surface area contributed by atoms with Crippen molar-refractivity contribution in [1.82, 2.24) is 0 Å². The third kappa shape index (κ3) is 3.50. The van der Waals surface area contributed by atoms with Gasteiger partial charge in [-0.15, -0.1) is 0 Å². The molecule has 0 N–H and O–H groups in total. The molecule has 2 aromatic carbocycles. The van der Waals surface area contributed by atoms with Crippen molar-refractivity contribution in [3.63, 3.8) is 0 Å². The second-order valence-electron chi connectivity index (χ2n) is 4.25. The van der Waals surface area contributed by atoms with E-state index in [0.29, 0.717) is 21.9 Å². The number of Topliss-reactive ketones (excluding diaryl/α,β-unsaturated/α-hetero) is 1. The number of ether oxygens (including phenoxy) is 1. The van der Waals surface area contributed by atoms with Crippen LogP contribution in [0.3, 0.4) is 0 Å². The van der Waals surface area contributed by atoms with Crippen LogP contribution < -0.4 is 4.74 Å². The summed E-state index contributed by atoms with van der Waals surface area (Å²) >= 11 is 11.7. The van der Waals surface area contributed by atoms with E-state index in [4.69, 9.17) is 27.9 Å². The van der Waals surface area contributed by atoms with E-state index in [1.54, 1.807) is 25.1 Å². The highest BCUT2D eigenvalue weighted by atomic mass is 35.5. The minimum absolute atomic E-state index is 0.218. The highest BCUT2D eigenvalue weighted by Crippen LogP contribution is 2.22. The van der Waals surface area contributed by atoms with Crippen LogP contribution in [0.15, 0.2) is 36.4 Å². The lowest BCUT2D eigenvalue weighted by atomic mass is 10.1. The molecule has 0 radical (unpaired) electrons. The number of hydrogen-bond donors (Lipinski definition) is 0. The molecule has 2 rings (SSSR count). The first kappa shape index (κ1) is 14.8. The van der Waals surface area contributed by atoms with Gasteiger partial charge in [0.15, 0.2) is 6.61 Å². The van der Waals surface area contributed by atoms with Crippen molar-refractivity contribution in [2.75, 3.05) is 6.61 Å². The Balaban J connectivity index is 2.06. The van der Waals surface area contributed by atoms with Crippen molar-refractivity contribution in [2.24, 2.45) is 0 Å². The lowest BCUT2D eigenvalue weighted by Crippen LogP contribution is -2.12. The number of carbonyl (C=O) groups is 1. The minimum atomic E-state index is -0.375. The van der Waals surface area contributed by atoms with Gasteiger partial charge >= 0.3 is 0 Å². The van der Waals surface area contributed by atoms with E-state index in [-0.39, 0.29) is 23.2 Å². The van der Waals surface area contributed by atoms with E-state index >= 15 is 0 Å². The zero-order chi connectivity index (χ0) is 14.7. The predicted octanol–water partition coefficient (Wildman–Crippen LogP) is 4.70. The molecule has 0 heterocycles. The molecule has 0 atom stereocenters. The number of aryl methyl sites for hydroxylation is 1. The summed E-state index contributed by atoms with van der Waals surface area (Å²) in [6.45, 7) is 1.43. The smallest absolute Gasteiger partial charge is 0.201 e. The fraction of sp³-hybridized carbons (Fsp3) is 0.133. The average Bonchev–Trinajstić information content (AvgIpc) is 2.40. The van der Waals surface area contributed by atoms with Gasteiger partial charge in [-0.2, -0.15) is 0 Å². The summed E-state index contributed by atoms with van der Waals surface area (Å²) < 4.78 is 18.6. The molecule has 5 heteroatoms. The fourth-order valence-electron chi connectivity index (χ4n) is 1.61. The van der Waals surface area contributed by atoms with Crippen molar-refractivity contribution >= 4 is 29.0 Å². The molecule has 0 aliphatic carbocycles. The van der Waals surface area contributed by atoms with Gasteiger partial charge in [0.1, 0.15) is 11.6 Å². The Morgan fingerprint density at radius 1 is 1.20 bits per heavy atom. The van der Waals surface area contributed by atoms with Gasteiger partial charge in [-0.3, -0.25) is 4.79 Å². The molecular formula is C15H11Cl2FO2. The van der Waals surface area contributed by atoms with Gasteiger partial charge in [-0.25, -0.2) is 4.39 Å². The first-order valence-electron chi connectivity index (χ1n) is 5.84. The molecule has 0 bridgehead atoms. The number of benzene rings is 2. The van der Waals surface area contributed by atoms with Crippen LogP contribution in [0.5, 0.6) is 5.75 Å². The number of carbonyl (C=O) groups excluding carboxylic acids is 1. The molecule has 0 spiro atoms. The van der Waals surface area contributed by atoms with Crippen LogP contribution in [0.1, 0.15) is 15.9 Å². The third-order valence-corrected chi connectivity index (χ3v) is 3.29.